The fourth-order valence-electron chi connectivity index (χ4n) is 2.39. The van der Waals surface area contributed by atoms with Crippen LogP contribution in [-0.4, -0.2) is 35.1 Å². The Morgan fingerprint density at radius 3 is 2.22 bits per heavy atom. The molecule has 2 N–H and O–H groups in total. The maximum atomic E-state index is 12.4. The van der Waals surface area contributed by atoms with E-state index in [0.717, 1.165) is 17.7 Å². The summed E-state index contributed by atoms with van der Waals surface area (Å²) >= 11 is 4.90. The molecule has 104 valence electrons. The molecule has 0 saturated heterocycles. The highest BCUT2D eigenvalue weighted by molar-refractivity contribution is 7.80. The molecule has 1 aliphatic carbocycles. The first-order valence-corrected chi connectivity index (χ1v) is 6.30. The van der Waals surface area contributed by atoms with Crippen molar-refractivity contribution >= 4 is 23.1 Å². The van der Waals surface area contributed by atoms with Crippen LogP contribution in [0.15, 0.2) is 0 Å². The van der Waals surface area contributed by atoms with Gasteiger partial charge in [-0.1, -0.05) is 25.1 Å². The van der Waals surface area contributed by atoms with E-state index >= 15 is 0 Å². The summed E-state index contributed by atoms with van der Waals surface area (Å²) in [5, 5.41) is 0. The maximum absolute atomic E-state index is 12.4. The van der Waals surface area contributed by atoms with Gasteiger partial charge >= 0.3 is 6.18 Å². The van der Waals surface area contributed by atoms with Crippen LogP contribution >= 0.6 is 12.2 Å². The van der Waals surface area contributed by atoms with Crippen LogP contribution in [0, 0.1) is 5.41 Å². The van der Waals surface area contributed by atoms with Crippen molar-refractivity contribution in [2.24, 2.45) is 11.1 Å². The van der Waals surface area contributed by atoms with Crippen LogP contribution in [0.3, 0.4) is 0 Å². The van der Waals surface area contributed by atoms with Crippen LogP contribution in [0.2, 0.25) is 0 Å². The molecule has 7 heteroatoms. The minimum Gasteiger partial charge on any atom is -0.392 e. The molecule has 1 rings (SSSR count). The molecule has 1 amide bonds. The second kappa shape index (κ2) is 5.42. The molecule has 0 aromatic carbocycles. The second-order valence-electron chi connectivity index (χ2n) is 4.59. The van der Waals surface area contributed by atoms with Crippen molar-refractivity contribution in [1.82, 2.24) is 4.90 Å². The van der Waals surface area contributed by atoms with E-state index < -0.39 is 24.0 Å². The summed E-state index contributed by atoms with van der Waals surface area (Å²) in [7, 11) is 0. The van der Waals surface area contributed by atoms with Crippen molar-refractivity contribution in [3.8, 4) is 0 Å². The number of nitrogens with two attached hydrogens (primary N) is 1. The largest absolute Gasteiger partial charge is 0.406 e. The molecule has 0 bridgehead atoms. The van der Waals surface area contributed by atoms with Gasteiger partial charge in [0.1, 0.15) is 6.54 Å². The van der Waals surface area contributed by atoms with Crippen LogP contribution in [0.1, 0.15) is 32.6 Å². The Morgan fingerprint density at radius 2 is 1.89 bits per heavy atom. The standard InChI is InChI=1S/C11H17F3N2OS/c1-2-16(7-11(12,13)14)9(17)10(8(15)18)5-3-4-6-10/h2-7H2,1H3,(H2,15,18). The Bertz CT molecular complexity index is 338. The number of carbonyl (C=O) groups is 1. The van der Waals surface area contributed by atoms with Crippen molar-refractivity contribution in [1.29, 1.82) is 0 Å². The Hall–Kier alpha value is -0.850. The van der Waals surface area contributed by atoms with E-state index in [1.165, 1.54) is 6.92 Å². The molecule has 0 aliphatic heterocycles. The Morgan fingerprint density at radius 1 is 1.39 bits per heavy atom. The number of alkyl halides is 3. The van der Waals surface area contributed by atoms with Gasteiger partial charge in [0.2, 0.25) is 5.91 Å². The van der Waals surface area contributed by atoms with Gasteiger partial charge in [-0.15, -0.1) is 0 Å². The van der Waals surface area contributed by atoms with Gasteiger partial charge in [0.25, 0.3) is 0 Å². The lowest BCUT2D eigenvalue weighted by atomic mass is 9.84. The van der Waals surface area contributed by atoms with E-state index in [9.17, 15) is 18.0 Å². The van der Waals surface area contributed by atoms with E-state index in [1.807, 2.05) is 0 Å². The molecular formula is C11H17F3N2OS. The third-order valence-corrected chi connectivity index (χ3v) is 3.77. The van der Waals surface area contributed by atoms with Crippen LogP contribution in [0.5, 0.6) is 0 Å². The SMILES string of the molecule is CCN(CC(F)(F)F)C(=O)C1(C(N)=S)CCCC1. The molecule has 0 unspecified atom stereocenters. The zero-order valence-corrected chi connectivity index (χ0v) is 11.0. The van der Waals surface area contributed by atoms with Crippen molar-refractivity contribution in [2.75, 3.05) is 13.1 Å². The van der Waals surface area contributed by atoms with E-state index in [-0.39, 0.29) is 11.5 Å². The number of thiocarbonyl (C=S) groups is 1. The molecule has 0 radical (unpaired) electrons. The molecule has 0 heterocycles. The van der Waals surface area contributed by atoms with Gasteiger partial charge in [0.05, 0.1) is 10.4 Å². The first kappa shape index (κ1) is 15.2. The Kier molecular flexibility index (Phi) is 4.58. The fourth-order valence-corrected chi connectivity index (χ4v) is 2.68. The summed E-state index contributed by atoms with van der Waals surface area (Å²) in [5.74, 6) is -0.577. The summed E-state index contributed by atoms with van der Waals surface area (Å²) in [6.45, 7) is 0.279. The highest BCUT2D eigenvalue weighted by atomic mass is 32.1. The van der Waals surface area contributed by atoms with Crippen LogP contribution < -0.4 is 5.73 Å². The maximum Gasteiger partial charge on any atom is 0.406 e. The molecule has 0 atom stereocenters. The molecule has 0 aromatic rings. The first-order chi connectivity index (χ1) is 8.23. The summed E-state index contributed by atoms with van der Waals surface area (Å²) in [5.41, 5.74) is 4.53. The topological polar surface area (TPSA) is 46.3 Å². The minimum atomic E-state index is -4.40. The average Bonchev–Trinajstić information content (AvgIpc) is 2.73. The third kappa shape index (κ3) is 3.13. The van der Waals surface area contributed by atoms with Gasteiger partial charge in [0.15, 0.2) is 0 Å². The predicted octanol–water partition coefficient (Wildman–Crippen LogP) is 2.24. The molecule has 1 saturated carbocycles. The van der Waals surface area contributed by atoms with Gasteiger partial charge in [-0.2, -0.15) is 13.2 Å². The normalized spacial score (nSPS) is 18.7. The van der Waals surface area contributed by atoms with Gasteiger partial charge in [0, 0.05) is 6.54 Å². The lowest BCUT2D eigenvalue weighted by Gasteiger charge is -2.33. The smallest absolute Gasteiger partial charge is 0.392 e. The number of nitrogens with zero attached hydrogens (tertiary/aromatic N) is 1. The van der Waals surface area contributed by atoms with Crippen LogP contribution in [-0.2, 0) is 4.79 Å². The van der Waals surface area contributed by atoms with Crippen LogP contribution in [0.4, 0.5) is 13.2 Å². The lowest BCUT2D eigenvalue weighted by molar-refractivity contribution is -0.165. The fraction of sp³-hybridized carbons (Fsp3) is 0.818. The van der Waals surface area contributed by atoms with E-state index in [1.54, 1.807) is 0 Å². The Balaban J connectivity index is 2.91. The molecule has 1 aliphatic rings. The molecule has 3 nitrogen and oxygen atoms in total. The zero-order valence-electron chi connectivity index (χ0n) is 10.2. The molecular weight excluding hydrogens is 265 g/mol. The molecule has 1 fully saturated rings. The average molecular weight is 282 g/mol. The summed E-state index contributed by atoms with van der Waals surface area (Å²) < 4.78 is 37.2. The molecule has 0 spiro atoms. The van der Waals surface area contributed by atoms with Crippen LogP contribution in [0.25, 0.3) is 0 Å². The Labute approximate surface area is 109 Å². The van der Waals surface area contributed by atoms with Gasteiger partial charge in [-0.05, 0) is 19.8 Å². The summed E-state index contributed by atoms with van der Waals surface area (Å²) in [6.07, 6.45) is -1.95. The number of carbonyl (C=O) groups excluding carboxylic acids is 1. The summed E-state index contributed by atoms with van der Waals surface area (Å²) in [6, 6.07) is 0. The van der Waals surface area contributed by atoms with Crippen molar-refractivity contribution in [2.45, 2.75) is 38.8 Å². The lowest BCUT2D eigenvalue weighted by Crippen LogP contribution is -2.51. The quantitative estimate of drug-likeness (QED) is 0.804. The highest BCUT2D eigenvalue weighted by Crippen LogP contribution is 2.40. The first-order valence-electron chi connectivity index (χ1n) is 5.89. The van der Waals surface area contributed by atoms with Crippen molar-refractivity contribution in [3.63, 3.8) is 0 Å². The van der Waals surface area contributed by atoms with E-state index in [0.29, 0.717) is 12.8 Å². The molecule has 0 aromatic heterocycles. The molecule has 18 heavy (non-hydrogen) atoms. The van der Waals surface area contributed by atoms with Gasteiger partial charge in [-0.3, -0.25) is 4.79 Å². The number of rotatable bonds is 4. The number of amides is 1. The predicted molar refractivity (Wildman–Crippen MR) is 66.0 cm³/mol. The number of hydrogen-bond acceptors (Lipinski definition) is 2. The van der Waals surface area contributed by atoms with Crippen molar-refractivity contribution in [3.05, 3.63) is 0 Å². The third-order valence-electron chi connectivity index (χ3n) is 3.38. The number of halogens is 3. The summed E-state index contributed by atoms with van der Waals surface area (Å²) in [4.78, 5) is 13.1. The highest BCUT2D eigenvalue weighted by Gasteiger charge is 2.47. The second-order valence-corrected chi connectivity index (χ2v) is 5.03. The monoisotopic (exact) mass is 282 g/mol. The van der Waals surface area contributed by atoms with Gasteiger partial charge in [-0.25, -0.2) is 0 Å². The van der Waals surface area contributed by atoms with Gasteiger partial charge < -0.3 is 10.6 Å². The van der Waals surface area contributed by atoms with E-state index in [2.05, 4.69) is 0 Å². The van der Waals surface area contributed by atoms with Crippen molar-refractivity contribution < 1.29 is 18.0 Å². The van der Waals surface area contributed by atoms with E-state index in [4.69, 9.17) is 18.0 Å². The zero-order chi connectivity index (χ0) is 14.0. The minimum absolute atomic E-state index is 0.00269. The number of hydrogen-bond donors (Lipinski definition) is 1.